The molecule has 0 spiro atoms. The van der Waals surface area contributed by atoms with Gasteiger partial charge in [0.25, 0.3) is 0 Å². The van der Waals surface area contributed by atoms with E-state index in [-0.39, 0.29) is 23.1 Å². The summed E-state index contributed by atoms with van der Waals surface area (Å²) in [6.07, 6.45) is 2.78. The SMILES string of the molecule is Cc1cc(OC(=O)N2CCCCC2)cc(F)c1C(C)(C)C. The van der Waals surface area contributed by atoms with Gasteiger partial charge in [0.1, 0.15) is 11.6 Å². The van der Waals surface area contributed by atoms with Crippen LogP contribution < -0.4 is 4.74 Å². The summed E-state index contributed by atoms with van der Waals surface area (Å²) in [6.45, 7) is 9.20. The van der Waals surface area contributed by atoms with Gasteiger partial charge in [-0.05, 0) is 48.8 Å². The molecular formula is C17H24FNO2. The summed E-state index contributed by atoms with van der Waals surface area (Å²) in [5.74, 6) is -0.0301. The Bertz CT molecular complexity index is 505. The Kier molecular flexibility index (Phi) is 4.55. The van der Waals surface area contributed by atoms with E-state index in [9.17, 15) is 9.18 Å². The summed E-state index contributed by atoms with van der Waals surface area (Å²) in [7, 11) is 0. The first-order valence-electron chi connectivity index (χ1n) is 7.56. The van der Waals surface area contributed by atoms with Gasteiger partial charge in [-0.2, -0.15) is 0 Å². The van der Waals surface area contributed by atoms with Crippen molar-refractivity contribution in [3.63, 3.8) is 0 Å². The number of halogens is 1. The molecule has 116 valence electrons. The number of benzene rings is 1. The van der Waals surface area contributed by atoms with E-state index in [1.807, 2.05) is 27.7 Å². The van der Waals surface area contributed by atoms with E-state index in [4.69, 9.17) is 4.74 Å². The number of rotatable bonds is 1. The lowest BCUT2D eigenvalue weighted by Gasteiger charge is -2.26. The van der Waals surface area contributed by atoms with Crippen molar-refractivity contribution in [1.82, 2.24) is 4.90 Å². The molecule has 1 amide bonds. The van der Waals surface area contributed by atoms with Crippen LogP contribution in [0.2, 0.25) is 0 Å². The van der Waals surface area contributed by atoms with E-state index in [1.54, 1.807) is 11.0 Å². The molecule has 0 bridgehead atoms. The maximum atomic E-state index is 14.3. The Morgan fingerprint density at radius 1 is 1.19 bits per heavy atom. The molecule has 0 N–H and O–H groups in total. The Labute approximate surface area is 126 Å². The third-order valence-corrected chi connectivity index (χ3v) is 3.83. The molecule has 1 aliphatic heterocycles. The zero-order chi connectivity index (χ0) is 15.6. The monoisotopic (exact) mass is 293 g/mol. The summed E-state index contributed by atoms with van der Waals surface area (Å²) in [5, 5.41) is 0. The van der Waals surface area contributed by atoms with Crippen LogP contribution in [-0.2, 0) is 5.41 Å². The Balaban J connectivity index is 2.16. The molecule has 0 unspecified atom stereocenters. The van der Waals surface area contributed by atoms with Crippen LogP contribution in [0.5, 0.6) is 5.75 Å². The zero-order valence-corrected chi connectivity index (χ0v) is 13.3. The van der Waals surface area contributed by atoms with Crippen LogP contribution in [0.4, 0.5) is 9.18 Å². The molecule has 1 aliphatic rings. The molecule has 0 atom stereocenters. The lowest BCUT2D eigenvalue weighted by Crippen LogP contribution is -2.37. The van der Waals surface area contributed by atoms with Gasteiger partial charge < -0.3 is 9.64 Å². The van der Waals surface area contributed by atoms with E-state index in [0.29, 0.717) is 5.56 Å². The average Bonchev–Trinajstić information content (AvgIpc) is 2.37. The number of aryl methyl sites for hydroxylation is 1. The number of ether oxygens (including phenoxy) is 1. The van der Waals surface area contributed by atoms with Gasteiger partial charge in [-0.1, -0.05) is 20.8 Å². The lowest BCUT2D eigenvalue weighted by molar-refractivity contribution is 0.142. The third-order valence-electron chi connectivity index (χ3n) is 3.83. The van der Waals surface area contributed by atoms with E-state index in [1.165, 1.54) is 6.07 Å². The van der Waals surface area contributed by atoms with Crippen molar-refractivity contribution in [3.8, 4) is 5.75 Å². The average molecular weight is 293 g/mol. The predicted molar refractivity (Wildman–Crippen MR) is 81.3 cm³/mol. The number of likely N-dealkylation sites (tertiary alicyclic amines) is 1. The minimum absolute atomic E-state index is 0.274. The predicted octanol–water partition coefficient (Wildman–Crippen LogP) is 4.42. The maximum Gasteiger partial charge on any atom is 0.415 e. The number of carbonyl (C=O) groups is 1. The van der Waals surface area contributed by atoms with Crippen LogP contribution in [0.25, 0.3) is 0 Å². The molecule has 21 heavy (non-hydrogen) atoms. The highest BCUT2D eigenvalue weighted by Crippen LogP contribution is 2.31. The molecule has 1 aromatic rings. The Morgan fingerprint density at radius 3 is 2.33 bits per heavy atom. The fraction of sp³-hybridized carbons (Fsp3) is 0.588. The largest absolute Gasteiger partial charge is 0.415 e. The third kappa shape index (κ3) is 3.74. The molecule has 0 saturated carbocycles. The van der Waals surface area contributed by atoms with Gasteiger partial charge in [0.05, 0.1) is 0 Å². The van der Waals surface area contributed by atoms with E-state index in [0.717, 1.165) is 37.9 Å². The first-order chi connectivity index (χ1) is 9.79. The van der Waals surface area contributed by atoms with Crippen molar-refractivity contribution in [2.24, 2.45) is 0 Å². The molecular weight excluding hydrogens is 269 g/mol. The fourth-order valence-electron chi connectivity index (χ4n) is 2.96. The molecule has 0 aromatic heterocycles. The van der Waals surface area contributed by atoms with Gasteiger partial charge in [-0.25, -0.2) is 9.18 Å². The van der Waals surface area contributed by atoms with Crippen LogP contribution in [0.15, 0.2) is 12.1 Å². The molecule has 0 radical (unpaired) electrons. The number of piperidine rings is 1. The summed E-state index contributed by atoms with van der Waals surface area (Å²) in [5.41, 5.74) is 1.20. The van der Waals surface area contributed by atoms with Gasteiger partial charge in [-0.3, -0.25) is 0 Å². The van der Waals surface area contributed by atoms with E-state index < -0.39 is 0 Å². The smallest absolute Gasteiger partial charge is 0.410 e. The second-order valence-corrected chi connectivity index (χ2v) is 6.76. The van der Waals surface area contributed by atoms with Gasteiger partial charge in [-0.15, -0.1) is 0 Å². The normalized spacial score (nSPS) is 16.0. The summed E-state index contributed by atoms with van der Waals surface area (Å²) in [4.78, 5) is 13.7. The van der Waals surface area contributed by atoms with Gasteiger partial charge in [0.2, 0.25) is 0 Å². The summed E-state index contributed by atoms with van der Waals surface area (Å²) < 4.78 is 19.6. The van der Waals surface area contributed by atoms with Gasteiger partial charge >= 0.3 is 6.09 Å². The highest BCUT2D eigenvalue weighted by molar-refractivity contribution is 5.71. The molecule has 1 fully saturated rings. The van der Waals surface area contributed by atoms with Gasteiger partial charge in [0.15, 0.2) is 0 Å². The Morgan fingerprint density at radius 2 is 1.81 bits per heavy atom. The van der Waals surface area contributed by atoms with Crippen LogP contribution >= 0.6 is 0 Å². The maximum absolute atomic E-state index is 14.3. The Hall–Kier alpha value is -1.58. The molecule has 1 aromatic carbocycles. The summed E-state index contributed by atoms with van der Waals surface area (Å²) >= 11 is 0. The van der Waals surface area contributed by atoms with Crippen LogP contribution in [-0.4, -0.2) is 24.1 Å². The first-order valence-corrected chi connectivity index (χ1v) is 7.56. The molecule has 1 heterocycles. The molecule has 0 aliphatic carbocycles. The van der Waals surface area contributed by atoms with Crippen molar-refractivity contribution >= 4 is 6.09 Å². The number of nitrogens with zero attached hydrogens (tertiary/aromatic N) is 1. The fourth-order valence-corrected chi connectivity index (χ4v) is 2.96. The highest BCUT2D eigenvalue weighted by atomic mass is 19.1. The van der Waals surface area contributed by atoms with Crippen LogP contribution in [0.1, 0.15) is 51.2 Å². The lowest BCUT2D eigenvalue weighted by atomic mass is 9.83. The molecule has 4 heteroatoms. The minimum atomic E-state index is -0.378. The van der Waals surface area contributed by atoms with Gasteiger partial charge in [0, 0.05) is 19.2 Å². The number of amides is 1. The van der Waals surface area contributed by atoms with E-state index in [2.05, 4.69) is 0 Å². The second kappa shape index (κ2) is 6.04. The van der Waals surface area contributed by atoms with Crippen LogP contribution in [0.3, 0.4) is 0 Å². The van der Waals surface area contributed by atoms with Crippen molar-refractivity contribution in [3.05, 3.63) is 29.1 Å². The van der Waals surface area contributed by atoms with Crippen molar-refractivity contribution in [2.45, 2.75) is 52.4 Å². The number of hydrogen-bond donors (Lipinski definition) is 0. The molecule has 2 rings (SSSR count). The highest BCUT2D eigenvalue weighted by Gasteiger charge is 2.23. The first kappa shape index (κ1) is 15.8. The van der Waals surface area contributed by atoms with Crippen LogP contribution in [0, 0.1) is 12.7 Å². The van der Waals surface area contributed by atoms with E-state index >= 15 is 0 Å². The summed E-state index contributed by atoms with van der Waals surface area (Å²) in [6, 6.07) is 3.06. The zero-order valence-electron chi connectivity index (χ0n) is 13.3. The quantitative estimate of drug-likeness (QED) is 0.767. The number of hydrogen-bond acceptors (Lipinski definition) is 2. The minimum Gasteiger partial charge on any atom is -0.410 e. The van der Waals surface area contributed by atoms with Crippen molar-refractivity contribution in [2.75, 3.05) is 13.1 Å². The molecule has 3 nitrogen and oxygen atoms in total. The molecule has 1 saturated heterocycles. The van der Waals surface area contributed by atoms with Crippen molar-refractivity contribution < 1.29 is 13.9 Å². The number of carbonyl (C=O) groups excluding carboxylic acids is 1. The van der Waals surface area contributed by atoms with Crippen molar-refractivity contribution in [1.29, 1.82) is 0 Å². The standard InChI is InChI=1S/C17H24FNO2/c1-12-10-13(11-14(18)15(12)17(2,3)4)21-16(20)19-8-6-5-7-9-19/h10-11H,5-9H2,1-4H3. The second-order valence-electron chi connectivity index (χ2n) is 6.76. The topological polar surface area (TPSA) is 29.5 Å².